The van der Waals surface area contributed by atoms with Crippen LogP contribution in [0.5, 0.6) is 23.5 Å². The minimum Gasteiger partial charge on any atom is -0.424 e. The smallest absolute Gasteiger partial charge is 0.330 e. The van der Waals surface area contributed by atoms with E-state index in [2.05, 4.69) is 20.4 Å². The molecule has 0 aliphatic heterocycles. The molecule has 0 aliphatic rings. The molecule has 0 unspecified atom stereocenters. The van der Waals surface area contributed by atoms with Crippen LogP contribution in [0.4, 0.5) is 5.95 Å². The lowest BCUT2D eigenvalue weighted by Gasteiger charge is -2.08. The number of aromatic nitrogens is 3. The molecule has 0 fully saturated rings. The first-order chi connectivity index (χ1) is 10.8. The van der Waals surface area contributed by atoms with Gasteiger partial charge in [0.15, 0.2) is 0 Å². The van der Waals surface area contributed by atoms with E-state index in [9.17, 15) is 0 Å². The number of nitrogens with one attached hydrogen (secondary N) is 1. The fourth-order valence-electron chi connectivity index (χ4n) is 1.68. The molecule has 0 amide bonds. The molecule has 7 heteroatoms. The molecule has 0 radical (unpaired) electrons. The molecule has 0 atom stereocenters. The molecule has 1 heterocycles. The van der Waals surface area contributed by atoms with Crippen LogP contribution in [-0.4, -0.2) is 15.0 Å². The molecule has 0 aliphatic carbocycles. The second kappa shape index (κ2) is 6.51. The lowest BCUT2D eigenvalue weighted by atomic mass is 10.3. The van der Waals surface area contributed by atoms with Gasteiger partial charge in [-0.3, -0.25) is 5.43 Å². The Morgan fingerprint density at radius 1 is 0.682 bits per heavy atom. The zero-order valence-corrected chi connectivity index (χ0v) is 11.5. The first-order valence-electron chi connectivity index (χ1n) is 6.52. The van der Waals surface area contributed by atoms with E-state index in [0.29, 0.717) is 11.5 Å². The average Bonchev–Trinajstić information content (AvgIpc) is 2.56. The Hall–Kier alpha value is -3.19. The number of para-hydroxylation sites is 2. The molecule has 0 bridgehead atoms. The van der Waals surface area contributed by atoms with Crippen LogP contribution in [0.1, 0.15) is 0 Å². The standard InChI is InChI=1S/C15H13N5O2/c16-20-13-17-14(21-11-7-3-1-4-8-11)19-15(18-13)22-12-9-5-2-6-10-12/h1-10H,16H2,(H,17,18,19,20). The largest absolute Gasteiger partial charge is 0.424 e. The molecule has 1 aromatic heterocycles. The van der Waals surface area contributed by atoms with Gasteiger partial charge in [0, 0.05) is 0 Å². The van der Waals surface area contributed by atoms with Crippen LogP contribution in [0, 0.1) is 0 Å². The minimum atomic E-state index is 0.0834. The first-order valence-corrected chi connectivity index (χ1v) is 6.52. The molecule has 0 spiro atoms. The van der Waals surface area contributed by atoms with Gasteiger partial charge in [-0.25, -0.2) is 5.84 Å². The molecule has 3 rings (SSSR count). The summed E-state index contributed by atoms with van der Waals surface area (Å²) in [5.74, 6) is 6.70. The summed E-state index contributed by atoms with van der Waals surface area (Å²) in [7, 11) is 0. The number of anilines is 1. The number of nitrogen functional groups attached to an aromatic ring is 1. The number of nitrogens with two attached hydrogens (primary N) is 1. The third kappa shape index (κ3) is 3.47. The predicted octanol–water partition coefficient (Wildman–Crippen LogP) is 2.74. The monoisotopic (exact) mass is 295 g/mol. The van der Waals surface area contributed by atoms with Crippen molar-refractivity contribution in [1.29, 1.82) is 0 Å². The van der Waals surface area contributed by atoms with Gasteiger partial charge in [0.1, 0.15) is 11.5 Å². The Labute approximate surface area is 126 Å². The quantitative estimate of drug-likeness (QED) is 0.552. The normalized spacial score (nSPS) is 10.0. The lowest BCUT2D eigenvalue weighted by Crippen LogP contribution is -2.12. The van der Waals surface area contributed by atoms with Gasteiger partial charge >= 0.3 is 12.0 Å². The topological polar surface area (TPSA) is 95.2 Å². The van der Waals surface area contributed by atoms with E-state index in [1.54, 1.807) is 24.3 Å². The summed E-state index contributed by atoms with van der Waals surface area (Å²) in [6.07, 6.45) is 0. The molecule has 0 saturated heterocycles. The Bertz CT molecular complexity index is 678. The van der Waals surface area contributed by atoms with Crippen LogP contribution in [0.15, 0.2) is 60.7 Å². The van der Waals surface area contributed by atoms with Crippen molar-refractivity contribution in [1.82, 2.24) is 15.0 Å². The number of rotatable bonds is 5. The van der Waals surface area contributed by atoms with Gasteiger partial charge in [-0.15, -0.1) is 4.98 Å². The summed E-state index contributed by atoms with van der Waals surface area (Å²) < 4.78 is 11.1. The van der Waals surface area contributed by atoms with E-state index in [-0.39, 0.29) is 18.0 Å². The Morgan fingerprint density at radius 2 is 1.14 bits per heavy atom. The fraction of sp³-hybridized carbons (Fsp3) is 0. The SMILES string of the molecule is NNc1nc(Oc2ccccc2)nc(Oc2ccccc2)n1. The number of hydrazine groups is 1. The van der Waals surface area contributed by atoms with E-state index < -0.39 is 0 Å². The van der Waals surface area contributed by atoms with Crippen molar-refractivity contribution in [2.75, 3.05) is 5.43 Å². The molecule has 3 aromatic rings. The minimum absolute atomic E-state index is 0.0834. The van der Waals surface area contributed by atoms with Crippen molar-refractivity contribution in [3.63, 3.8) is 0 Å². The maximum Gasteiger partial charge on any atom is 0.330 e. The highest BCUT2D eigenvalue weighted by Crippen LogP contribution is 2.22. The third-order valence-electron chi connectivity index (χ3n) is 2.63. The van der Waals surface area contributed by atoms with Crippen molar-refractivity contribution >= 4 is 5.95 Å². The number of hydrogen-bond donors (Lipinski definition) is 2. The van der Waals surface area contributed by atoms with Crippen LogP contribution in [0.3, 0.4) is 0 Å². The molecule has 2 aromatic carbocycles. The summed E-state index contributed by atoms with van der Waals surface area (Å²) in [6, 6.07) is 18.5. The highest BCUT2D eigenvalue weighted by Gasteiger charge is 2.09. The van der Waals surface area contributed by atoms with Gasteiger partial charge in [0.05, 0.1) is 0 Å². The van der Waals surface area contributed by atoms with Crippen LogP contribution in [0.25, 0.3) is 0 Å². The van der Waals surface area contributed by atoms with E-state index in [0.717, 1.165) is 0 Å². The van der Waals surface area contributed by atoms with Crippen LogP contribution < -0.4 is 20.7 Å². The number of ether oxygens (including phenoxy) is 2. The zero-order chi connectivity index (χ0) is 15.2. The van der Waals surface area contributed by atoms with E-state index >= 15 is 0 Å². The summed E-state index contributed by atoms with van der Waals surface area (Å²) in [5, 5.41) is 0. The van der Waals surface area contributed by atoms with Crippen molar-refractivity contribution in [3.05, 3.63) is 60.7 Å². The number of benzene rings is 2. The van der Waals surface area contributed by atoms with Gasteiger partial charge in [-0.05, 0) is 24.3 Å². The fourth-order valence-corrected chi connectivity index (χ4v) is 1.68. The summed E-state index contributed by atoms with van der Waals surface area (Å²) in [5.41, 5.74) is 2.36. The van der Waals surface area contributed by atoms with Crippen molar-refractivity contribution < 1.29 is 9.47 Å². The van der Waals surface area contributed by atoms with Crippen molar-refractivity contribution in [2.45, 2.75) is 0 Å². The van der Waals surface area contributed by atoms with Gasteiger partial charge in [-0.1, -0.05) is 36.4 Å². The van der Waals surface area contributed by atoms with Crippen LogP contribution in [-0.2, 0) is 0 Å². The first kappa shape index (κ1) is 13.8. The van der Waals surface area contributed by atoms with E-state index in [1.165, 1.54) is 0 Å². The van der Waals surface area contributed by atoms with Crippen LogP contribution >= 0.6 is 0 Å². The number of nitrogens with zero attached hydrogens (tertiary/aromatic N) is 3. The Morgan fingerprint density at radius 3 is 1.55 bits per heavy atom. The summed E-state index contributed by atoms with van der Waals surface area (Å²) >= 11 is 0. The third-order valence-corrected chi connectivity index (χ3v) is 2.63. The lowest BCUT2D eigenvalue weighted by molar-refractivity contribution is 0.398. The van der Waals surface area contributed by atoms with Crippen molar-refractivity contribution in [3.8, 4) is 23.5 Å². The molecular weight excluding hydrogens is 282 g/mol. The molecule has 0 saturated carbocycles. The molecule has 7 nitrogen and oxygen atoms in total. The highest BCUT2D eigenvalue weighted by molar-refractivity contribution is 5.31. The van der Waals surface area contributed by atoms with Gasteiger partial charge in [0.2, 0.25) is 5.95 Å². The maximum atomic E-state index is 5.56. The summed E-state index contributed by atoms with van der Waals surface area (Å²) in [4.78, 5) is 12.2. The molecule has 22 heavy (non-hydrogen) atoms. The number of hydrogen-bond acceptors (Lipinski definition) is 7. The second-order valence-electron chi connectivity index (χ2n) is 4.20. The average molecular weight is 295 g/mol. The molecular formula is C15H13N5O2. The Balaban J connectivity index is 1.86. The molecule has 110 valence electrons. The van der Waals surface area contributed by atoms with E-state index in [4.69, 9.17) is 15.3 Å². The van der Waals surface area contributed by atoms with Crippen LogP contribution in [0.2, 0.25) is 0 Å². The van der Waals surface area contributed by atoms with Gasteiger partial charge in [-0.2, -0.15) is 9.97 Å². The maximum absolute atomic E-state index is 5.56. The van der Waals surface area contributed by atoms with Gasteiger partial charge in [0.25, 0.3) is 0 Å². The Kier molecular flexibility index (Phi) is 4.08. The highest BCUT2D eigenvalue weighted by atomic mass is 16.5. The predicted molar refractivity (Wildman–Crippen MR) is 80.7 cm³/mol. The van der Waals surface area contributed by atoms with Gasteiger partial charge < -0.3 is 9.47 Å². The zero-order valence-electron chi connectivity index (χ0n) is 11.5. The summed E-state index contributed by atoms with van der Waals surface area (Å²) in [6.45, 7) is 0. The second-order valence-corrected chi connectivity index (χ2v) is 4.20. The van der Waals surface area contributed by atoms with Crippen molar-refractivity contribution in [2.24, 2.45) is 5.84 Å². The molecule has 3 N–H and O–H groups in total. The van der Waals surface area contributed by atoms with E-state index in [1.807, 2.05) is 36.4 Å².